The van der Waals surface area contributed by atoms with Crippen LogP contribution >= 0.6 is 11.6 Å². The van der Waals surface area contributed by atoms with Gasteiger partial charge in [0.15, 0.2) is 5.17 Å². The van der Waals surface area contributed by atoms with Crippen LogP contribution in [0.4, 0.5) is 5.69 Å². The number of hydrazone groups is 1. The summed E-state index contributed by atoms with van der Waals surface area (Å²) in [7, 11) is -3.82. The Labute approximate surface area is 131 Å². The number of benzene rings is 2. The van der Waals surface area contributed by atoms with Gasteiger partial charge in [0.05, 0.1) is 9.82 Å². The van der Waals surface area contributed by atoms with E-state index in [-0.39, 0.29) is 15.8 Å². The van der Waals surface area contributed by atoms with Crippen molar-refractivity contribution in [3.63, 3.8) is 0 Å². The summed E-state index contributed by atoms with van der Waals surface area (Å²) < 4.78 is 23.9. The minimum Gasteiger partial charge on any atom is -0.258 e. The van der Waals surface area contributed by atoms with E-state index in [4.69, 9.17) is 11.6 Å². The van der Waals surface area contributed by atoms with Crippen molar-refractivity contribution >= 4 is 32.5 Å². The molecule has 0 unspecified atom stereocenters. The number of hydrogen-bond donors (Lipinski definition) is 1. The molecule has 0 atom stereocenters. The van der Waals surface area contributed by atoms with Gasteiger partial charge in [0, 0.05) is 17.7 Å². The molecule has 0 aliphatic rings. The molecule has 22 heavy (non-hydrogen) atoms. The van der Waals surface area contributed by atoms with E-state index in [1.54, 1.807) is 18.2 Å². The summed E-state index contributed by atoms with van der Waals surface area (Å²) in [6, 6.07) is 12.9. The van der Waals surface area contributed by atoms with Gasteiger partial charge in [-0.3, -0.25) is 10.1 Å². The Morgan fingerprint density at radius 2 is 1.68 bits per heavy atom. The smallest absolute Gasteiger partial charge is 0.258 e. The third-order valence-corrected chi connectivity index (χ3v) is 4.16. The van der Waals surface area contributed by atoms with Crippen LogP contribution in [0, 0.1) is 10.1 Å². The minimum atomic E-state index is -3.82. The maximum absolute atomic E-state index is 11.9. The van der Waals surface area contributed by atoms with Gasteiger partial charge in [-0.1, -0.05) is 29.8 Å². The molecule has 7 nitrogen and oxygen atoms in total. The first-order chi connectivity index (χ1) is 10.4. The first kappa shape index (κ1) is 15.9. The Bertz CT molecular complexity index is 805. The second-order valence-electron chi connectivity index (χ2n) is 4.11. The van der Waals surface area contributed by atoms with Gasteiger partial charge < -0.3 is 0 Å². The van der Waals surface area contributed by atoms with Crippen LogP contribution in [0.25, 0.3) is 0 Å². The standard InChI is InChI=1S/C13H10ClN3O4S/c14-13(10-6-8-11(9-7-10)17(18)19)15-16-22(20,21)12-4-2-1-3-5-12/h1-9,16H/b15-13-. The average Bonchev–Trinajstić information content (AvgIpc) is 2.53. The van der Waals surface area contributed by atoms with E-state index in [0.29, 0.717) is 5.56 Å². The number of nitro groups is 1. The van der Waals surface area contributed by atoms with Crippen LogP contribution in [0.2, 0.25) is 0 Å². The van der Waals surface area contributed by atoms with Crippen molar-refractivity contribution in [2.24, 2.45) is 5.10 Å². The number of nitrogens with zero attached hydrogens (tertiary/aromatic N) is 2. The molecular formula is C13H10ClN3O4S. The second kappa shape index (κ2) is 6.54. The van der Waals surface area contributed by atoms with Crippen LogP contribution in [-0.2, 0) is 10.0 Å². The van der Waals surface area contributed by atoms with Crippen molar-refractivity contribution in [3.8, 4) is 0 Å². The molecule has 0 aliphatic carbocycles. The summed E-state index contributed by atoms with van der Waals surface area (Å²) in [5.74, 6) is 0. The van der Waals surface area contributed by atoms with E-state index in [9.17, 15) is 18.5 Å². The highest BCUT2D eigenvalue weighted by Gasteiger charge is 2.13. The number of rotatable bonds is 5. The predicted molar refractivity (Wildman–Crippen MR) is 82.2 cm³/mol. The number of non-ortho nitro benzene ring substituents is 1. The fraction of sp³-hybridized carbons (Fsp3) is 0. The Hall–Kier alpha value is -2.45. The van der Waals surface area contributed by atoms with E-state index >= 15 is 0 Å². The first-order valence-corrected chi connectivity index (χ1v) is 7.81. The zero-order valence-corrected chi connectivity index (χ0v) is 12.6. The van der Waals surface area contributed by atoms with Gasteiger partial charge in [-0.05, 0) is 24.3 Å². The highest BCUT2D eigenvalue weighted by atomic mass is 35.5. The van der Waals surface area contributed by atoms with E-state index in [2.05, 4.69) is 5.10 Å². The molecule has 114 valence electrons. The van der Waals surface area contributed by atoms with Crippen LogP contribution in [0.3, 0.4) is 0 Å². The lowest BCUT2D eigenvalue weighted by atomic mass is 10.2. The summed E-state index contributed by atoms with van der Waals surface area (Å²) in [6.07, 6.45) is 0. The van der Waals surface area contributed by atoms with Gasteiger partial charge in [-0.15, -0.1) is 0 Å². The quantitative estimate of drug-likeness (QED) is 0.513. The SMILES string of the molecule is O=[N+]([O-])c1ccc(/C(Cl)=N/NS(=O)(=O)c2ccccc2)cc1. The molecule has 0 saturated heterocycles. The van der Waals surface area contributed by atoms with Crippen LogP contribution in [0.15, 0.2) is 64.6 Å². The molecule has 0 spiro atoms. The number of hydrogen-bond acceptors (Lipinski definition) is 5. The first-order valence-electron chi connectivity index (χ1n) is 5.95. The molecule has 0 amide bonds. The average molecular weight is 340 g/mol. The van der Waals surface area contributed by atoms with Gasteiger partial charge in [-0.25, -0.2) is 0 Å². The zero-order valence-electron chi connectivity index (χ0n) is 11.0. The van der Waals surface area contributed by atoms with Crippen molar-refractivity contribution < 1.29 is 13.3 Å². The molecule has 0 aromatic heterocycles. The minimum absolute atomic E-state index is 0.0481. The summed E-state index contributed by atoms with van der Waals surface area (Å²) in [5, 5.41) is 14.0. The van der Waals surface area contributed by atoms with Crippen molar-refractivity contribution in [3.05, 3.63) is 70.3 Å². The van der Waals surface area contributed by atoms with E-state index in [1.165, 1.54) is 36.4 Å². The zero-order chi connectivity index (χ0) is 16.2. The van der Waals surface area contributed by atoms with Gasteiger partial charge in [0.25, 0.3) is 15.7 Å². The summed E-state index contributed by atoms with van der Waals surface area (Å²) in [5.41, 5.74) is 0.251. The van der Waals surface area contributed by atoms with Crippen molar-refractivity contribution in [1.29, 1.82) is 0 Å². The molecule has 2 aromatic carbocycles. The third kappa shape index (κ3) is 3.80. The van der Waals surface area contributed by atoms with Crippen molar-refractivity contribution in [1.82, 2.24) is 4.83 Å². The summed E-state index contributed by atoms with van der Waals surface area (Å²) in [4.78, 5) is 12.1. The van der Waals surface area contributed by atoms with Gasteiger partial charge in [0.1, 0.15) is 0 Å². The molecule has 9 heteroatoms. The molecule has 0 heterocycles. The maximum Gasteiger partial charge on any atom is 0.276 e. The predicted octanol–water partition coefficient (Wildman–Crippen LogP) is 2.47. The molecular weight excluding hydrogens is 330 g/mol. The lowest BCUT2D eigenvalue weighted by molar-refractivity contribution is -0.384. The second-order valence-corrected chi connectivity index (χ2v) is 6.13. The lowest BCUT2D eigenvalue weighted by Crippen LogP contribution is -2.19. The highest BCUT2D eigenvalue weighted by molar-refractivity contribution is 7.89. The molecule has 1 N–H and O–H groups in total. The Kier molecular flexibility index (Phi) is 4.74. The van der Waals surface area contributed by atoms with Crippen LogP contribution in [0.5, 0.6) is 0 Å². The highest BCUT2D eigenvalue weighted by Crippen LogP contribution is 2.14. The largest absolute Gasteiger partial charge is 0.276 e. The normalized spacial score (nSPS) is 12.0. The Balaban J connectivity index is 2.17. The monoisotopic (exact) mass is 339 g/mol. The van der Waals surface area contributed by atoms with Crippen molar-refractivity contribution in [2.45, 2.75) is 4.90 Å². The summed E-state index contributed by atoms with van der Waals surface area (Å²) in [6.45, 7) is 0. The molecule has 0 aliphatic heterocycles. The van der Waals surface area contributed by atoms with Gasteiger partial charge >= 0.3 is 0 Å². The molecule has 2 rings (SSSR count). The topological polar surface area (TPSA) is 102 Å². The van der Waals surface area contributed by atoms with E-state index in [0.717, 1.165) is 0 Å². The molecule has 0 radical (unpaired) electrons. The molecule has 0 bridgehead atoms. The van der Waals surface area contributed by atoms with Gasteiger partial charge in [-0.2, -0.15) is 18.4 Å². The fourth-order valence-electron chi connectivity index (χ4n) is 1.54. The number of sulfonamides is 1. The van der Waals surface area contributed by atoms with Crippen LogP contribution < -0.4 is 4.83 Å². The lowest BCUT2D eigenvalue weighted by Gasteiger charge is -2.04. The fourth-order valence-corrected chi connectivity index (χ4v) is 2.59. The number of halogens is 1. The van der Waals surface area contributed by atoms with Crippen LogP contribution in [-0.4, -0.2) is 18.5 Å². The summed E-state index contributed by atoms with van der Waals surface area (Å²) >= 11 is 5.88. The van der Waals surface area contributed by atoms with Gasteiger partial charge in [0.2, 0.25) is 0 Å². The third-order valence-electron chi connectivity index (χ3n) is 2.63. The van der Waals surface area contributed by atoms with Crippen molar-refractivity contribution in [2.75, 3.05) is 0 Å². The number of nitrogens with one attached hydrogen (secondary N) is 1. The van der Waals surface area contributed by atoms with E-state index < -0.39 is 14.9 Å². The Morgan fingerprint density at radius 3 is 2.23 bits per heavy atom. The van der Waals surface area contributed by atoms with Crippen LogP contribution in [0.1, 0.15) is 5.56 Å². The van der Waals surface area contributed by atoms with E-state index in [1.807, 2.05) is 4.83 Å². The Morgan fingerprint density at radius 1 is 1.09 bits per heavy atom. The molecule has 2 aromatic rings. The maximum atomic E-state index is 11.9. The molecule has 0 fully saturated rings. The number of nitro benzene ring substituents is 1. The molecule has 0 saturated carbocycles.